The third kappa shape index (κ3) is 4.23. The molecule has 1 aromatic carbocycles. The summed E-state index contributed by atoms with van der Waals surface area (Å²) in [4.78, 5) is 14.4. The molecule has 1 fully saturated rings. The zero-order valence-corrected chi connectivity index (χ0v) is 14.6. The first-order valence-corrected chi connectivity index (χ1v) is 9.42. The van der Waals surface area contributed by atoms with Crippen LogP contribution in [0.3, 0.4) is 0 Å². The lowest BCUT2D eigenvalue weighted by molar-refractivity contribution is 0.0906. The van der Waals surface area contributed by atoms with Gasteiger partial charge in [0.2, 0.25) is 0 Å². The van der Waals surface area contributed by atoms with Crippen molar-refractivity contribution in [2.75, 3.05) is 38.8 Å². The molecule has 0 aromatic heterocycles. The van der Waals surface area contributed by atoms with Crippen LogP contribution in [-0.2, 0) is 9.84 Å². The minimum atomic E-state index is -2.96. The highest BCUT2D eigenvalue weighted by Crippen LogP contribution is 2.28. The van der Waals surface area contributed by atoms with Gasteiger partial charge in [-0.15, -0.1) is 0 Å². The molecule has 0 N–H and O–H groups in total. The van der Waals surface area contributed by atoms with E-state index in [1.54, 1.807) is 25.3 Å². The Bertz CT molecular complexity index is 671. The van der Waals surface area contributed by atoms with E-state index in [2.05, 4.69) is 0 Å². The number of carbonyl (C=O) groups excluding carboxylic acids is 1. The van der Waals surface area contributed by atoms with Gasteiger partial charge >= 0.3 is 0 Å². The fourth-order valence-corrected chi connectivity index (χ4v) is 4.61. The second-order valence-corrected chi connectivity index (χ2v) is 7.84. The lowest BCUT2D eigenvalue weighted by atomic mass is 10.1. The van der Waals surface area contributed by atoms with Gasteiger partial charge in [-0.25, -0.2) is 8.42 Å². The zero-order chi connectivity index (χ0) is 17.0. The van der Waals surface area contributed by atoms with Crippen LogP contribution in [0.15, 0.2) is 18.2 Å². The summed E-state index contributed by atoms with van der Waals surface area (Å²) in [5.41, 5.74) is 0.530. The van der Waals surface area contributed by atoms with Gasteiger partial charge in [0.1, 0.15) is 0 Å². The minimum absolute atomic E-state index is 0.0582. The number of carbonyl (C=O) groups is 1. The van der Waals surface area contributed by atoms with Crippen molar-refractivity contribution in [3.63, 3.8) is 0 Å². The SMILES string of the molecule is CCN(CC(=O)c1ccc(OC)c(OC)c1)[C@H]1CCS(=O)(=O)C1. The molecule has 0 unspecified atom stereocenters. The summed E-state index contributed by atoms with van der Waals surface area (Å²) in [5.74, 6) is 1.36. The van der Waals surface area contributed by atoms with E-state index in [-0.39, 0.29) is 29.9 Å². The summed E-state index contributed by atoms with van der Waals surface area (Å²) in [7, 11) is 0.102. The number of hydrogen-bond donors (Lipinski definition) is 0. The molecular formula is C16H23NO5S. The van der Waals surface area contributed by atoms with Crippen LogP contribution in [0.25, 0.3) is 0 Å². The fourth-order valence-electron chi connectivity index (χ4n) is 2.85. The maximum Gasteiger partial charge on any atom is 0.176 e. The van der Waals surface area contributed by atoms with Gasteiger partial charge in [0.05, 0.1) is 32.3 Å². The maximum atomic E-state index is 12.5. The lowest BCUT2D eigenvalue weighted by Crippen LogP contribution is -2.39. The van der Waals surface area contributed by atoms with Gasteiger partial charge in [0.25, 0.3) is 0 Å². The summed E-state index contributed by atoms with van der Waals surface area (Å²) in [5, 5.41) is 0. The molecule has 23 heavy (non-hydrogen) atoms. The molecule has 0 spiro atoms. The van der Waals surface area contributed by atoms with Crippen LogP contribution in [0.5, 0.6) is 11.5 Å². The third-order valence-electron chi connectivity index (χ3n) is 4.18. The Morgan fingerprint density at radius 1 is 1.26 bits per heavy atom. The average Bonchev–Trinajstić information content (AvgIpc) is 2.91. The maximum absolute atomic E-state index is 12.5. The molecular weight excluding hydrogens is 318 g/mol. The molecule has 0 aliphatic carbocycles. The van der Waals surface area contributed by atoms with Crippen LogP contribution in [0.2, 0.25) is 0 Å². The van der Waals surface area contributed by atoms with Gasteiger partial charge in [0, 0.05) is 11.6 Å². The van der Waals surface area contributed by atoms with Crippen LogP contribution in [0, 0.1) is 0 Å². The monoisotopic (exact) mass is 341 g/mol. The van der Waals surface area contributed by atoms with Crippen LogP contribution < -0.4 is 9.47 Å². The number of sulfone groups is 1. The fraction of sp³-hybridized carbons (Fsp3) is 0.562. The Balaban J connectivity index is 2.11. The van der Waals surface area contributed by atoms with Gasteiger partial charge in [0.15, 0.2) is 27.1 Å². The summed E-state index contributed by atoms with van der Waals surface area (Å²) in [6.45, 7) is 2.78. The van der Waals surface area contributed by atoms with Crippen LogP contribution in [0.1, 0.15) is 23.7 Å². The predicted octanol–water partition coefficient (Wildman–Crippen LogP) is 1.40. The first-order valence-electron chi connectivity index (χ1n) is 7.60. The molecule has 128 valence electrons. The molecule has 0 saturated carbocycles. The van der Waals surface area contributed by atoms with Crippen LogP contribution >= 0.6 is 0 Å². The number of hydrogen-bond acceptors (Lipinski definition) is 6. The van der Waals surface area contributed by atoms with E-state index in [0.717, 1.165) is 0 Å². The van der Waals surface area contributed by atoms with Gasteiger partial charge in [-0.05, 0) is 31.2 Å². The molecule has 0 amide bonds. The number of ketones is 1. The van der Waals surface area contributed by atoms with Crippen LogP contribution in [0.4, 0.5) is 0 Å². The Labute approximate surface area is 137 Å². The molecule has 7 heteroatoms. The highest BCUT2D eigenvalue weighted by atomic mass is 32.2. The van der Waals surface area contributed by atoms with E-state index < -0.39 is 9.84 Å². The summed E-state index contributed by atoms with van der Waals surface area (Å²) in [6.07, 6.45) is 0.593. The number of likely N-dealkylation sites (N-methyl/N-ethyl adjacent to an activating group) is 1. The number of benzene rings is 1. The molecule has 1 aliphatic heterocycles. The smallest absolute Gasteiger partial charge is 0.176 e. The quantitative estimate of drug-likeness (QED) is 0.698. The number of rotatable bonds is 7. The molecule has 1 heterocycles. The third-order valence-corrected chi connectivity index (χ3v) is 5.93. The van der Waals surface area contributed by atoms with Crippen molar-refractivity contribution in [1.29, 1.82) is 0 Å². The topological polar surface area (TPSA) is 72.9 Å². The second kappa shape index (κ2) is 7.31. The highest BCUT2D eigenvalue weighted by molar-refractivity contribution is 7.91. The second-order valence-electron chi connectivity index (χ2n) is 5.61. The molecule has 1 saturated heterocycles. The molecule has 1 aliphatic rings. The van der Waals surface area contributed by atoms with Crippen molar-refractivity contribution < 1.29 is 22.7 Å². The minimum Gasteiger partial charge on any atom is -0.493 e. The van der Waals surface area contributed by atoms with E-state index in [4.69, 9.17) is 9.47 Å². The van der Waals surface area contributed by atoms with E-state index in [1.165, 1.54) is 7.11 Å². The summed E-state index contributed by atoms with van der Waals surface area (Å²) < 4.78 is 33.6. The van der Waals surface area contributed by atoms with Crippen molar-refractivity contribution in [3.8, 4) is 11.5 Å². The van der Waals surface area contributed by atoms with Crippen molar-refractivity contribution in [3.05, 3.63) is 23.8 Å². The number of nitrogens with zero attached hydrogens (tertiary/aromatic N) is 1. The zero-order valence-electron chi connectivity index (χ0n) is 13.7. The van der Waals surface area contributed by atoms with Crippen molar-refractivity contribution in [1.82, 2.24) is 4.90 Å². The van der Waals surface area contributed by atoms with Gasteiger partial charge < -0.3 is 9.47 Å². The van der Waals surface area contributed by atoms with Crippen molar-refractivity contribution >= 4 is 15.6 Å². The molecule has 0 radical (unpaired) electrons. The predicted molar refractivity (Wildman–Crippen MR) is 88.2 cm³/mol. The van der Waals surface area contributed by atoms with E-state index >= 15 is 0 Å². The van der Waals surface area contributed by atoms with Gasteiger partial charge in [-0.1, -0.05) is 6.92 Å². The normalized spacial score (nSPS) is 19.7. The Morgan fingerprint density at radius 2 is 1.96 bits per heavy atom. The Kier molecular flexibility index (Phi) is 5.64. The molecule has 6 nitrogen and oxygen atoms in total. The Morgan fingerprint density at radius 3 is 2.48 bits per heavy atom. The first-order chi connectivity index (χ1) is 10.9. The Hall–Kier alpha value is -1.60. The number of ether oxygens (including phenoxy) is 2. The summed E-state index contributed by atoms with van der Waals surface area (Å²) in [6, 6.07) is 4.97. The highest BCUT2D eigenvalue weighted by Gasteiger charge is 2.32. The van der Waals surface area contributed by atoms with Crippen LogP contribution in [-0.4, -0.2) is 64.0 Å². The van der Waals surface area contributed by atoms with E-state index in [9.17, 15) is 13.2 Å². The lowest BCUT2D eigenvalue weighted by Gasteiger charge is -2.25. The molecule has 1 atom stereocenters. The largest absolute Gasteiger partial charge is 0.493 e. The van der Waals surface area contributed by atoms with Gasteiger partial charge in [-0.2, -0.15) is 0 Å². The van der Waals surface area contributed by atoms with Crippen molar-refractivity contribution in [2.45, 2.75) is 19.4 Å². The summed E-state index contributed by atoms with van der Waals surface area (Å²) >= 11 is 0. The van der Waals surface area contributed by atoms with E-state index in [0.29, 0.717) is 30.0 Å². The number of Topliss-reactive ketones (excluding diaryl/α,β-unsaturated/α-hetero) is 1. The number of methoxy groups -OCH3 is 2. The molecule has 1 aromatic rings. The average molecular weight is 341 g/mol. The standard InChI is InChI=1S/C16H23NO5S/c1-4-17(13-7-8-23(19,20)11-13)10-14(18)12-5-6-15(21-2)16(9-12)22-3/h5-6,9,13H,4,7-8,10-11H2,1-3H3/t13-/m0/s1. The molecule has 0 bridgehead atoms. The molecule has 2 rings (SSSR count). The van der Waals surface area contributed by atoms with Crippen molar-refractivity contribution in [2.24, 2.45) is 0 Å². The van der Waals surface area contributed by atoms with E-state index in [1.807, 2.05) is 11.8 Å². The van der Waals surface area contributed by atoms with Gasteiger partial charge in [-0.3, -0.25) is 9.69 Å². The first kappa shape index (κ1) is 17.7.